The molecule has 2 aromatic carbocycles. The number of phenols is 1. The van der Waals surface area contributed by atoms with Crippen molar-refractivity contribution < 1.29 is 18.7 Å². The first kappa shape index (κ1) is 11.6. The zero-order chi connectivity index (χ0) is 13.2. The van der Waals surface area contributed by atoms with E-state index in [0.717, 1.165) is 5.56 Å². The Labute approximate surface area is 108 Å². The van der Waals surface area contributed by atoms with E-state index in [1.165, 1.54) is 12.3 Å². The third kappa shape index (κ3) is 2.12. The number of rotatable bonds is 3. The van der Waals surface area contributed by atoms with E-state index in [9.17, 15) is 9.50 Å². The van der Waals surface area contributed by atoms with Gasteiger partial charge in [-0.25, -0.2) is 4.39 Å². The van der Waals surface area contributed by atoms with E-state index in [-0.39, 0.29) is 17.9 Å². The lowest BCUT2D eigenvalue weighted by atomic mass is 10.2. The number of furan rings is 1. The maximum absolute atomic E-state index is 13.5. The molecule has 0 fully saturated rings. The molecule has 0 aliphatic heterocycles. The topological polar surface area (TPSA) is 42.6 Å². The predicted molar refractivity (Wildman–Crippen MR) is 68.6 cm³/mol. The molecule has 0 atom stereocenters. The van der Waals surface area contributed by atoms with E-state index >= 15 is 0 Å². The van der Waals surface area contributed by atoms with Crippen molar-refractivity contribution in [2.75, 3.05) is 0 Å². The lowest BCUT2D eigenvalue weighted by Gasteiger charge is -2.06. The summed E-state index contributed by atoms with van der Waals surface area (Å²) in [7, 11) is 0. The summed E-state index contributed by atoms with van der Waals surface area (Å²) in [6, 6.07) is 11.4. The fourth-order valence-corrected chi connectivity index (χ4v) is 1.92. The second-order valence-corrected chi connectivity index (χ2v) is 4.13. The number of halogens is 1. The summed E-state index contributed by atoms with van der Waals surface area (Å²) in [5, 5.41) is 10.3. The minimum atomic E-state index is -0.397. The zero-order valence-corrected chi connectivity index (χ0v) is 9.97. The van der Waals surface area contributed by atoms with E-state index in [1.807, 2.05) is 0 Å². The van der Waals surface area contributed by atoms with Gasteiger partial charge in [-0.2, -0.15) is 0 Å². The Hall–Kier alpha value is -2.49. The summed E-state index contributed by atoms with van der Waals surface area (Å²) < 4.78 is 24.1. The van der Waals surface area contributed by atoms with E-state index in [0.29, 0.717) is 11.1 Å². The van der Waals surface area contributed by atoms with Gasteiger partial charge in [0.2, 0.25) is 0 Å². The van der Waals surface area contributed by atoms with Crippen molar-refractivity contribution in [2.45, 2.75) is 6.61 Å². The average molecular weight is 258 g/mol. The number of benzene rings is 2. The molecule has 3 nitrogen and oxygen atoms in total. The Balaban J connectivity index is 1.87. The quantitative estimate of drug-likeness (QED) is 0.775. The minimum absolute atomic E-state index is 0.0708. The second kappa shape index (κ2) is 4.65. The molecule has 0 bridgehead atoms. The van der Waals surface area contributed by atoms with Gasteiger partial charge in [0.1, 0.15) is 6.61 Å². The summed E-state index contributed by atoms with van der Waals surface area (Å²) in [6.45, 7) is 0.202. The summed E-state index contributed by atoms with van der Waals surface area (Å²) >= 11 is 0. The maximum Gasteiger partial charge on any atom is 0.169 e. The van der Waals surface area contributed by atoms with Gasteiger partial charge in [0.05, 0.1) is 6.26 Å². The predicted octanol–water partition coefficient (Wildman–Crippen LogP) is 3.86. The van der Waals surface area contributed by atoms with Crippen LogP contribution in [0.4, 0.5) is 4.39 Å². The van der Waals surface area contributed by atoms with E-state index in [2.05, 4.69) is 0 Å². The van der Waals surface area contributed by atoms with Crippen LogP contribution < -0.4 is 4.74 Å². The molecule has 0 saturated heterocycles. The Morgan fingerprint density at radius 1 is 1.11 bits per heavy atom. The molecule has 4 heteroatoms. The standard InChI is InChI=1S/C15H11FO3/c16-12-5-3-4-11-10(9-19-15(11)12)8-18-14-7-2-1-6-13(14)17/h1-7,9,17H,8H2. The van der Waals surface area contributed by atoms with Crippen molar-refractivity contribution in [2.24, 2.45) is 0 Å². The zero-order valence-electron chi connectivity index (χ0n) is 9.97. The number of para-hydroxylation sites is 3. The van der Waals surface area contributed by atoms with E-state index in [1.54, 1.807) is 36.4 Å². The van der Waals surface area contributed by atoms with Crippen LogP contribution in [-0.4, -0.2) is 5.11 Å². The molecule has 3 rings (SSSR count). The van der Waals surface area contributed by atoms with Crippen LogP contribution in [0.15, 0.2) is 53.1 Å². The number of ether oxygens (including phenoxy) is 1. The smallest absolute Gasteiger partial charge is 0.169 e. The van der Waals surface area contributed by atoms with Gasteiger partial charge in [-0.3, -0.25) is 0 Å². The molecule has 1 aromatic heterocycles. The summed E-state index contributed by atoms with van der Waals surface area (Å²) in [5.74, 6) is 0.0565. The molecular formula is C15H11FO3. The van der Waals surface area contributed by atoms with Crippen LogP contribution in [0.25, 0.3) is 11.0 Å². The Morgan fingerprint density at radius 2 is 1.95 bits per heavy atom. The third-order valence-electron chi connectivity index (χ3n) is 2.88. The first-order valence-electron chi connectivity index (χ1n) is 5.81. The molecule has 0 aliphatic carbocycles. The molecule has 0 saturated carbocycles. The summed E-state index contributed by atoms with van der Waals surface area (Å²) in [5.41, 5.74) is 0.955. The van der Waals surface area contributed by atoms with Gasteiger partial charge < -0.3 is 14.3 Å². The normalized spacial score (nSPS) is 10.8. The van der Waals surface area contributed by atoms with Crippen molar-refractivity contribution in [3.63, 3.8) is 0 Å². The lowest BCUT2D eigenvalue weighted by molar-refractivity contribution is 0.289. The first-order chi connectivity index (χ1) is 9.25. The van der Waals surface area contributed by atoms with Gasteiger partial charge in [0, 0.05) is 10.9 Å². The third-order valence-corrected chi connectivity index (χ3v) is 2.88. The minimum Gasteiger partial charge on any atom is -0.504 e. The largest absolute Gasteiger partial charge is 0.504 e. The maximum atomic E-state index is 13.5. The fourth-order valence-electron chi connectivity index (χ4n) is 1.92. The highest BCUT2D eigenvalue weighted by Gasteiger charge is 2.10. The molecule has 1 N–H and O–H groups in total. The molecule has 0 unspecified atom stereocenters. The highest BCUT2D eigenvalue weighted by molar-refractivity contribution is 5.81. The Bertz CT molecular complexity index is 718. The molecular weight excluding hydrogens is 247 g/mol. The van der Waals surface area contributed by atoms with E-state index < -0.39 is 5.82 Å². The highest BCUT2D eigenvalue weighted by Crippen LogP contribution is 2.28. The SMILES string of the molecule is Oc1ccccc1OCc1coc2c(F)cccc12. The number of hydrogen-bond acceptors (Lipinski definition) is 3. The van der Waals surface area contributed by atoms with Gasteiger partial charge in [0.25, 0.3) is 0 Å². The number of fused-ring (bicyclic) bond motifs is 1. The Kier molecular flexibility index (Phi) is 2.83. The number of phenolic OH excluding ortho intramolecular Hbond substituents is 1. The number of hydrogen-bond donors (Lipinski definition) is 1. The number of aromatic hydroxyl groups is 1. The molecule has 3 aromatic rings. The van der Waals surface area contributed by atoms with Crippen molar-refractivity contribution in [3.05, 3.63) is 60.1 Å². The Morgan fingerprint density at radius 3 is 2.79 bits per heavy atom. The van der Waals surface area contributed by atoms with Crippen LogP contribution in [0, 0.1) is 5.82 Å². The highest BCUT2D eigenvalue weighted by atomic mass is 19.1. The van der Waals surface area contributed by atoms with Crippen molar-refractivity contribution in [1.29, 1.82) is 0 Å². The monoisotopic (exact) mass is 258 g/mol. The van der Waals surface area contributed by atoms with Crippen LogP contribution >= 0.6 is 0 Å². The molecule has 1 heterocycles. The first-order valence-corrected chi connectivity index (χ1v) is 5.81. The van der Waals surface area contributed by atoms with Gasteiger partial charge in [0.15, 0.2) is 22.9 Å². The summed E-state index contributed by atoms with van der Waals surface area (Å²) in [6.07, 6.45) is 1.47. The molecule has 0 radical (unpaired) electrons. The van der Waals surface area contributed by atoms with Gasteiger partial charge in [-0.1, -0.05) is 24.3 Å². The van der Waals surface area contributed by atoms with Crippen LogP contribution in [0.5, 0.6) is 11.5 Å². The van der Waals surface area contributed by atoms with Crippen LogP contribution in [-0.2, 0) is 6.61 Å². The molecule has 96 valence electrons. The van der Waals surface area contributed by atoms with E-state index in [4.69, 9.17) is 9.15 Å². The van der Waals surface area contributed by atoms with Gasteiger partial charge in [-0.05, 0) is 18.2 Å². The van der Waals surface area contributed by atoms with Crippen molar-refractivity contribution in [1.82, 2.24) is 0 Å². The molecule has 0 amide bonds. The van der Waals surface area contributed by atoms with Crippen molar-refractivity contribution in [3.8, 4) is 11.5 Å². The van der Waals surface area contributed by atoms with Crippen LogP contribution in [0.1, 0.15) is 5.56 Å². The molecule has 19 heavy (non-hydrogen) atoms. The lowest BCUT2D eigenvalue weighted by Crippen LogP contribution is -1.94. The summed E-state index contributed by atoms with van der Waals surface area (Å²) in [4.78, 5) is 0. The second-order valence-electron chi connectivity index (χ2n) is 4.13. The van der Waals surface area contributed by atoms with Crippen LogP contribution in [0.2, 0.25) is 0 Å². The van der Waals surface area contributed by atoms with Gasteiger partial charge >= 0.3 is 0 Å². The molecule has 0 aliphatic rings. The van der Waals surface area contributed by atoms with Crippen molar-refractivity contribution >= 4 is 11.0 Å². The van der Waals surface area contributed by atoms with Gasteiger partial charge in [-0.15, -0.1) is 0 Å². The molecule has 0 spiro atoms. The van der Waals surface area contributed by atoms with Crippen LogP contribution in [0.3, 0.4) is 0 Å². The fraction of sp³-hybridized carbons (Fsp3) is 0.0667. The average Bonchev–Trinajstić information content (AvgIpc) is 2.83.